The first kappa shape index (κ1) is 33.8. The van der Waals surface area contributed by atoms with Crippen LogP contribution in [-0.4, -0.2) is 3.81 Å². The third-order valence-electron chi connectivity index (χ3n) is 9.59. The van der Waals surface area contributed by atoms with Crippen molar-refractivity contribution in [1.82, 2.24) is 0 Å². The summed E-state index contributed by atoms with van der Waals surface area (Å²) in [5, 5.41) is 0. The van der Waals surface area contributed by atoms with Gasteiger partial charge in [-0.2, -0.15) is 0 Å². The van der Waals surface area contributed by atoms with Crippen molar-refractivity contribution in [1.29, 1.82) is 0 Å². The van der Waals surface area contributed by atoms with E-state index in [0.29, 0.717) is 4.22 Å². The van der Waals surface area contributed by atoms with Crippen LogP contribution < -0.4 is 24.8 Å². The smallest absolute Gasteiger partial charge is 1.00 e. The summed E-state index contributed by atoms with van der Waals surface area (Å²) in [6.45, 7) is 4.38. The maximum Gasteiger partial charge on any atom is -1.00 e. The maximum absolute atomic E-state index is 2.52. The number of hydrogen-bond acceptors (Lipinski definition) is 0. The minimum atomic E-state index is -2.34. The van der Waals surface area contributed by atoms with Crippen LogP contribution in [0.15, 0.2) is 168 Å². The molecule has 0 atom stereocenters. The first-order chi connectivity index (χ1) is 22.6. The Kier molecular flexibility index (Phi) is 10.3. The molecule has 48 heavy (non-hydrogen) atoms. The summed E-state index contributed by atoms with van der Waals surface area (Å²) in [4.78, 5) is 0. The average Bonchev–Trinajstić information content (AvgIpc) is 3.75. The van der Waals surface area contributed by atoms with Crippen LogP contribution in [0.25, 0.3) is 33.4 Å². The number of hydrogen-bond donors (Lipinski definition) is 0. The van der Waals surface area contributed by atoms with Crippen LogP contribution in [0.1, 0.15) is 44.0 Å². The van der Waals surface area contributed by atoms with Gasteiger partial charge in [0.2, 0.25) is 0 Å². The second kappa shape index (κ2) is 14.6. The molecule has 6 aromatic rings. The zero-order chi connectivity index (χ0) is 31.0. The van der Waals surface area contributed by atoms with Gasteiger partial charge >= 0.3 is 280 Å². The topological polar surface area (TPSA) is 0 Å². The van der Waals surface area contributed by atoms with Crippen molar-refractivity contribution in [3.05, 3.63) is 201 Å². The Bertz CT molecular complexity index is 2020. The molecule has 8 rings (SSSR count). The van der Waals surface area contributed by atoms with Gasteiger partial charge in [-0.1, -0.05) is 0 Å². The first-order valence-corrected chi connectivity index (χ1v) is 18.7. The summed E-state index contributed by atoms with van der Waals surface area (Å²) in [6, 6.07) is 54.9. The van der Waals surface area contributed by atoms with Crippen LogP contribution in [0, 0.1) is 13.8 Å². The molecule has 0 saturated heterocycles. The van der Waals surface area contributed by atoms with Crippen molar-refractivity contribution in [2.75, 3.05) is 0 Å². The molecule has 0 aromatic heterocycles. The Morgan fingerprint density at radius 1 is 0.521 bits per heavy atom. The molecule has 2 aliphatic rings. The van der Waals surface area contributed by atoms with E-state index in [4.69, 9.17) is 0 Å². The molecule has 0 amide bonds. The van der Waals surface area contributed by atoms with Crippen molar-refractivity contribution in [2.45, 2.75) is 24.5 Å². The Hall–Kier alpha value is -4.04. The van der Waals surface area contributed by atoms with Gasteiger partial charge in [-0.25, -0.2) is 0 Å². The molecule has 0 nitrogen and oxygen atoms in total. The number of aryl methyl sites for hydroxylation is 2. The number of allylic oxidation sites excluding steroid dienone is 4. The molecule has 0 fully saturated rings. The minimum absolute atomic E-state index is 0. The number of fused-ring (bicyclic) bond motifs is 3. The van der Waals surface area contributed by atoms with E-state index in [0.717, 1.165) is 6.42 Å². The molecule has 0 N–H and O–H groups in total. The standard InChI is InChI=1S/C25H17.C15H14.C5H5.2ClH.Ti/c1-3-7-18(8-4-1)20-11-13-24-22(15-20)17-23-16-21(12-14-25(23)24)19-9-5-2-6-10-19;1-12-3-7-14(8-4-12)11-15-9-5-13(2)6-10-15;1-2-4-5-3-1;;;/h1-17H;3-10H,1-2H3;1-3H,4H2;2*1H;/q;;;;;+2/p-2. The molecular weight excluding hydrogens is 659 g/mol. The molecule has 3 heteroatoms. The molecular formula is C45H36Cl2Ti. The average molecular weight is 696 g/mol. The third-order valence-corrected chi connectivity index (χ3v) is 14.9. The third kappa shape index (κ3) is 6.39. The van der Waals surface area contributed by atoms with E-state index in [1.54, 1.807) is 7.69 Å². The van der Waals surface area contributed by atoms with E-state index in [2.05, 4.69) is 178 Å². The fourth-order valence-electron chi connectivity index (χ4n) is 7.25. The van der Waals surface area contributed by atoms with Gasteiger partial charge in [-0.3, -0.25) is 0 Å². The Morgan fingerprint density at radius 3 is 1.40 bits per heavy atom. The quantitative estimate of drug-likeness (QED) is 0.204. The molecule has 0 bridgehead atoms. The van der Waals surface area contributed by atoms with Gasteiger partial charge in [0.1, 0.15) is 0 Å². The Morgan fingerprint density at radius 2 is 0.979 bits per heavy atom. The SMILES string of the molecule is Cc1ccc([C](c2ccc(C)cc2)=[Ti+2]([C]2=CC=CC2)[CH]2c3cc(-c4ccccc4)ccc3-c3ccc(-c4ccccc4)cc32)cc1.[Cl-].[Cl-]. The van der Waals surface area contributed by atoms with Gasteiger partial charge in [0.05, 0.1) is 0 Å². The summed E-state index contributed by atoms with van der Waals surface area (Å²) in [5.41, 5.74) is 16.2. The van der Waals surface area contributed by atoms with Gasteiger partial charge in [-0.05, 0) is 0 Å². The summed E-state index contributed by atoms with van der Waals surface area (Å²) in [7, 11) is 0. The summed E-state index contributed by atoms with van der Waals surface area (Å²) in [5.74, 6) is 0. The molecule has 0 radical (unpaired) electrons. The van der Waals surface area contributed by atoms with Crippen molar-refractivity contribution in [3.8, 4) is 33.4 Å². The van der Waals surface area contributed by atoms with Crippen molar-refractivity contribution < 1.29 is 42.2 Å². The summed E-state index contributed by atoms with van der Waals surface area (Å²) >= 11 is -2.34. The first-order valence-electron chi connectivity index (χ1n) is 16.3. The summed E-state index contributed by atoms with van der Waals surface area (Å²) in [6.07, 6.45) is 8.15. The number of benzene rings is 6. The van der Waals surface area contributed by atoms with Crippen molar-refractivity contribution in [2.24, 2.45) is 0 Å². The van der Waals surface area contributed by atoms with Crippen LogP contribution in [-0.2, 0) is 17.4 Å². The predicted octanol–water partition coefficient (Wildman–Crippen LogP) is 5.45. The maximum atomic E-state index is 2.52. The molecule has 2 aliphatic carbocycles. The number of rotatable bonds is 6. The Balaban J connectivity index is 0.00000201. The van der Waals surface area contributed by atoms with Crippen LogP contribution >= 0.6 is 0 Å². The van der Waals surface area contributed by atoms with Gasteiger partial charge in [0.15, 0.2) is 0 Å². The van der Waals surface area contributed by atoms with Crippen molar-refractivity contribution >= 4 is 3.81 Å². The van der Waals surface area contributed by atoms with Gasteiger partial charge in [0, 0.05) is 0 Å². The van der Waals surface area contributed by atoms with Crippen molar-refractivity contribution in [3.63, 3.8) is 0 Å². The van der Waals surface area contributed by atoms with E-state index < -0.39 is 17.4 Å². The normalized spacial score (nSPS) is 12.6. The van der Waals surface area contributed by atoms with Gasteiger partial charge in [-0.15, -0.1) is 0 Å². The van der Waals surface area contributed by atoms with E-state index >= 15 is 0 Å². The minimum Gasteiger partial charge on any atom is -1.00 e. The summed E-state index contributed by atoms with van der Waals surface area (Å²) < 4.78 is 3.52. The molecule has 0 unspecified atom stereocenters. The fourth-order valence-corrected chi connectivity index (χ4v) is 12.9. The van der Waals surface area contributed by atoms with Crippen LogP contribution in [0.5, 0.6) is 0 Å². The zero-order valence-corrected chi connectivity index (χ0v) is 30.2. The van der Waals surface area contributed by atoms with Gasteiger partial charge < -0.3 is 24.8 Å². The van der Waals surface area contributed by atoms with E-state index in [1.165, 1.54) is 66.8 Å². The van der Waals surface area contributed by atoms with E-state index in [1.807, 2.05) is 0 Å². The van der Waals surface area contributed by atoms with Crippen LogP contribution in [0.4, 0.5) is 0 Å². The second-order valence-electron chi connectivity index (χ2n) is 12.6. The van der Waals surface area contributed by atoms with E-state index in [-0.39, 0.29) is 24.8 Å². The largest absolute Gasteiger partial charge is 1.00 e. The molecule has 234 valence electrons. The second-order valence-corrected chi connectivity index (χ2v) is 16.6. The van der Waals surface area contributed by atoms with E-state index in [9.17, 15) is 0 Å². The molecule has 0 spiro atoms. The van der Waals surface area contributed by atoms with Crippen LogP contribution in [0.2, 0.25) is 0 Å². The molecule has 0 aliphatic heterocycles. The Labute approximate surface area is 303 Å². The molecule has 6 aromatic carbocycles. The fraction of sp³-hybridized carbons (Fsp3) is 0.0889. The zero-order valence-electron chi connectivity index (χ0n) is 27.1. The van der Waals surface area contributed by atoms with Crippen LogP contribution in [0.3, 0.4) is 0 Å². The van der Waals surface area contributed by atoms with Gasteiger partial charge in [0.25, 0.3) is 0 Å². The monoisotopic (exact) mass is 694 g/mol. The molecule has 0 saturated carbocycles. The molecule has 0 heterocycles. The number of halogens is 2. The predicted molar refractivity (Wildman–Crippen MR) is 192 cm³/mol.